The summed E-state index contributed by atoms with van der Waals surface area (Å²) in [6, 6.07) is 4.17. The second-order valence-electron chi connectivity index (χ2n) is 5.08. The first-order valence-corrected chi connectivity index (χ1v) is 6.54. The standard InChI is InChI=1S/C16H18O4/c1-10(2)4-3-5-11-8-15(20-16(11)19)13-9-12(17)6-7-14(13)18/h4,6-9,15,17-18H,3,5H2,1-2H3/t15-/m1/s1. The van der Waals surface area contributed by atoms with Crippen molar-refractivity contribution in [1.82, 2.24) is 0 Å². The summed E-state index contributed by atoms with van der Waals surface area (Å²) in [5.74, 6) is -0.331. The lowest BCUT2D eigenvalue weighted by Gasteiger charge is -2.10. The fraction of sp³-hybridized carbons (Fsp3) is 0.312. The zero-order chi connectivity index (χ0) is 14.7. The summed E-state index contributed by atoms with van der Waals surface area (Å²) in [5, 5.41) is 19.2. The number of phenols is 2. The second kappa shape index (κ2) is 5.82. The summed E-state index contributed by atoms with van der Waals surface area (Å²) < 4.78 is 5.23. The van der Waals surface area contributed by atoms with E-state index in [0.29, 0.717) is 17.6 Å². The molecule has 2 N–H and O–H groups in total. The molecule has 1 aromatic rings. The van der Waals surface area contributed by atoms with Crippen molar-refractivity contribution in [2.24, 2.45) is 0 Å². The Morgan fingerprint density at radius 2 is 2.10 bits per heavy atom. The van der Waals surface area contributed by atoms with Crippen LogP contribution in [0.4, 0.5) is 0 Å². The molecule has 0 fully saturated rings. The van der Waals surface area contributed by atoms with E-state index in [2.05, 4.69) is 6.08 Å². The molecule has 1 atom stereocenters. The first kappa shape index (κ1) is 14.2. The first-order valence-electron chi connectivity index (χ1n) is 6.54. The van der Waals surface area contributed by atoms with E-state index < -0.39 is 6.10 Å². The largest absolute Gasteiger partial charge is 0.508 e. The molecule has 106 valence electrons. The predicted octanol–water partition coefficient (Wildman–Crippen LogP) is 3.37. The maximum atomic E-state index is 11.8. The van der Waals surface area contributed by atoms with Crippen LogP contribution in [0.15, 0.2) is 41.5 Å². The molecule has 0 bridgehead atoms. The Balaban J connectivity index is 2.15. The van der Waals surface area contributed by atoms with E-state index in [1.807, 2.05) is 13.8 Å². The first-order chi connectivity index (χ1) is 9.47. The van der Waals surface area contributed by atoms with Crippen LogP contribution in [0.25, 0.3) is 0 Å². The van der Waals surface area contributed by atoms with E-state index in [1.165, 1.54) is 23.8 Å². The maximum absolute atomic E-state index is 11.8. The molecule has 0 saturated heterocycles. The SMILES string of the molecule is CC(C)=CCCC1=C[C@H](c2cc(O)ccc2O)OC1=O. The molecular weight excluding hydrogens is 256 g/mol. The lowest BCUT2D eigenvalue weighted by atomic mass is 10.0. The average molecular weight is 274 g/mol. The minimum atomic E-state index is -0.628. The van der Waals surface area contributed by atoms with E-state index in [0.717, 1.165) is 6.42 Å². The van der Waals surface area contributed by atoms with Gasteiger partial charge in [0.15, 0.2) is 0 Å². The van der Waals surface area contributed by atoms with E-state index in [4.69, 9.17) is 4.74 Å². The molecule has 1 aromatic carbocycles. The highest BCUT2D eigenvalue weighted by Crippen LogP contribution is 2.36. The highest BCUT2D eigenvalue weighted by Gasteiger charge is 2.28. The van der Waals surface area contributed by atoms with Crippen LogP contribution in [0.5, 0.6) is 11.5 Å². The second-order valence-corrected chi connectivity index (χ2v) is 5.08. The van der Waals surface area contributed by atoms with Crippen LogP contribution >= 0.6 is 0 Å². The lowest BCUT2D eigenvalue weighted by Crippen LogP contribution is -2.02. The number of benzene rings is 1. The maximum Gasteiger partial charge on any atom is 0.334 e. The minimum Gasteiger partial charge on any atom is -0.508 e. The molecule has 1 aliphatic heterocycles. The molecular formula is C16H18O4. The number of cyclic esters (lactones) is 1. The van der Waals surface area contributed by atoms with Gasteiger partial charge in [-0.2, -0.15) is 0 Å². The molecule has 4 nitrogen and oxygen atoms in total. The fourth-order valence-corrected chi connectivity index (χ4v) is 2.10. The van der Waals surface area contributed by atoms with E-state index in [1.54, 1.807) is 6.08 Å². The van der Waals surface area contributed by atoms with Crippen molar-refractivity contribution in [2.75, 3.05) is 0 Å². The summed E-state index contributed by atoms with van der Waals surface area (Å²) >= 11 is 0. The van der Waals surface area contributed by atoms with Crippen molar-refractivity contribution < 1.29 is 19.7 Å². The number of carbonyl (C=O) groups is 1. The van der Waals surface area contributed by atoms with Gasteiger partial charge in [0.05, 0.1) is 0 Å². The van der Waals surface area contributed by atoms with Crippen LogP contribution in [0.1, 0.15) is 38.4 Å². The Labute approximate surface area is 118 Å². The summed E-state index contributed by atoms with van der Waals surface area (Å²) in [4.78, 5) is 11.8. The van der Waals surface area contributed by atoms with Crippen molar-refractivity contribution in [3.05, 3.63) is 47.1 Å². The number of rotatable bonds is 4. The molecule has 4 heteroatoms. The Kier molecular flexibility index (Phi) is 4.13. The average Bonchev–Trinajstić information content (AvgIpc) is 2.73. The number of allylic oxidation sites excluding steroid dienone is 2. The van der Waals surface area contributed by atoms with Crippen LogP contribution in [-0.4, -0.2) is 16.2 Å². The van der Waals surface area contributed by atoms with E-state index in [-0.39, 0.29) is 17.5 Å². The predicted molar refractivity (Wildman–Crippen MR) is 75.4 cm³/mol. The van der Waals surface area contributed by atoms with E-state index >= 15 is 0 Å². The highest BCUT2D eigenvalue weighted by atomic mass is 16.5. The van der Waals surface area contributed by atoms with Crippen LogP contribution < -0.4 is 0 Å². The molecule has 0 aliphatic carbocycles. The molecule has 0 unspecified atom stereocenters. The number of carbonyl (C=O) groups excluding carboxylic acids is 1. The van der Waals surface area contributed by atoms with Gasteiger partial charge in [-0.25, -0.2) is 4.79 Å². The Morgan fingerprint density at radius 3 is 2.80 bits per heavy atom. The van der Waals surface area contributed by atoms with Crippen molar-refractivity contribution in [3.8, 4) is 11.5 Å². The topological polar surface area (TPSA) is 66.8 Å². The van der Waals surface area contributed by atoms with Crippen molar-refractivity contribution in [3.63, 3.8) is 0 Å². The number of aromatic hydroxyl groups is 2. The third-order valence-electron chi connectivity index (χ3n) is 3.13. The minimum absolute atomic E-state index is 0.00222. The normalized spacial score (nSPS) is 17.6. The van der Waals surface area contributed by atoms with Gasteiger partial charge in [0.2, 0.25) is 0 Å². The molecule has 0 amide bonds. The third-order valence-corrected chi connectivity index (χ3v) is 3.13. The molecule has 1 aliphatic rings. The molecule has 0 aromatic heterocycles. The molecule has 0 radical (unpaired) electrons. The zero-order valence-corrected chi connectivity index (χ0v) is 11.6. The number of phenolic OH excluding ortho intramolecular Hbond substituents is 2. The number of ether oxygens (including phenoxy) is 1. The molecule has 20 heavy (non-hydrogen) atoms. The van der Waals surface area contributed by atoms with Crippen molar-refractivity contribution >= 4 is 5.97 Å². The quantitative estimate of drug-likeness (QED) is 0.502. The Hall–Kier alpha value is -2.23. The highest BCUT2D eigenvalue weighted by molar-refractivity contribution is 5.91. The Morgan fingerprint density at radius 1 is 1.35 bits per heavy atom. The van der Waals surface area contributed by atoms with Gasteiger partial charge < -0.3 is 14.9 Å². The fourth-order valence-electron chi connectivity index (χ4n) is 2.10. The van der Waals surface area contributed by atoms with E-state index in [9.17, 15) is 15.0 Å². The number of hydrogen-bond acceptors (Lipinski definition) is 4. The molecule has 1 heterocycles. The molecule has 2 rings (SSSR count). The van der Waals surface area contributed by atoms with Gasteiger partial charge in [-0.05, 0) is 51.0 Å². The third kappa shape index (κ3) is 3.20. The van der Waals surface area contributed by atoms with Gasteiger partial charge in [-0.1, -0.05) is 11.6 Å². The summed E-state index contributed by atoms with van der Waals surface area (Å²) in [7, 11) is 0. The van der Waals surface area contributed by atoms with Crippen molar-refractivity contribution in [2.45, 2.75) is 32.8 Å². The lowest BCUT2D eigenvalue weighted by molar-refractivity contribution is -0.140. The van der Waals surface area contributed by atoms with Crippen LogP contribution in [0, 0.1) is 0 Å². The number of hydrogen-bond donors (Lipinski definition) is 2. The van der Waals surface area contributed by atoms with Gasteiger partial charge in [-0.3, -0.25) is 0 Å². The van der Waals surface area contributed by atoms with Gasteiger partial charge >= 0.3 is 5.97 Å². The molecule has 0 saturated carbocycles. The van der Waals surface area contributed by atoms with Crippen molar-refractivity contribution in [1.29, 1.82) is 0 Å². The van der Waals surface area contributed by atoms with Gasteiger partial charge in [-0.15, -0.1) is 0 Å². The Bertz CT molecular complexity index is 580. The monoisotopic (exact) mass is 274 g/mol. The van der Waals surface area contributed by atoms with Crippen LogP contribution in [-0.2, 0) is 9.53 Å². The zero-order valence-electron chi connectivity index (χ0n) is 11.6. The van der Waals surface area contributed by atoms with Gasteiger partial charge in [0.1, 0.15) is 17.6 Å². The van der Waals surface area contributed by atoms with Gasteiger partial charge in [0.25, 0.3) is 0 Å². The number of esters is 1. The summed E-state index contributed by atoms with van der Waals surface area (Å²) in [5.41, 5.74) is 2.21. The summed E-state index contributed by atoms with van der Waals surface area (Å²) in [6.45, 7) is 4.02. The van der Waals surface area contributed by atoms with Crippen LogP contribution in [0.2, 0.25) is 0 Å². The summed E-state index contributed by atoms with van der Waals surface area (Å²) in [6.07, 6.45) is 4.53. The van der Waals surface area contributed by atoms with Gasteiger partial charge in [0, 0.05) is 11.1 Å². The molecule has 0 spiro atoms. The smallest absolute Gasteiger partial charge is 0.334 e. The van der Waals surface area contributed by atoms with Crippen LogP contribution in [0.3, 0.4) is 0 Å².